The number of nitrogens with zero attached hydrogens (tertiary/aromatic N) is 2. The summed E-state index contributed by atoms with van der Waals surface area (Å²) in [6.45, 7) is 0.589. The number of halogens is 1. The predicted octanol–water partition coefficient (Wildman–Crippen LogP) is 1.31. The van der Waals surface area contributed by atoms with Crippen LogP contribution in [0.2, 0.25) is 4.47 Å². The van der Waals surface area contributed by atoms with Crippen LogP contribution < -0.4 is 0 Å². The van der Waals surface area contributed by atoms with Gasteiger partial charge < -0.3 is 5.11 Å². The van der Waals surface area contributed by atoms with Gasteiger partial charge in [0.25, 0.3) is 0 Å². The first-order chi connectivity index (χ1) is 6.08. The third-order valence-corrected chi connectivity index (χ3v) is 2.46. The molecule has 0 aromatic carbocycles. The average Bonchev–Trinajstić information content (AvgIpc) is 2.33. The molecule has 0 bridgehead atoms. The summed E-state index contributed by atoms with van der Waals surface area (Å²) in [5, 5.41) is 8.49. The zero-order valence-corrected chi connectivity index (χ0v) is 8.60. The fourth-order valence-corrected chi connectivity index (χ4v) is 1.97. The minimum Gasteiger partial charge on any atom is -0.480 e. The third kappa shape index (κ3) is 3.71. The minimum atomic E-state index is -0.835. The largest absolute Gasteiger partial charge is 0.480 e. The lowest BCUT2D eigenvalue weighted by Crippen LogP contribution is -2.24. The Hall–Kier alpha value is -0.650. The molecule has 1 heterocycles. The first-order valence-electron chi connectivity index (χ1n) is 3.58. The second-order valence-electron chi connectivity index (χ2n) is 2.65. The Morgan fingerprint density at radius 1 is 1.85 bits per heavy atom. The first kappa shape index (κ1) is 10.4. The van der Waals surface area contributed by atoms with Gasteiger partial charge in [-0.2, -0.15) is 0 Å². The Bertz CT molecular complexity index is 302. The summed E-state index contributed by atoms with van der Waals surface area (Å²) in [6.07, 6.45) is 1.66. The highest BCUT2D eigenvalue weighted by Crippen LogP contribution is 2.18. The zero-order chi connectivity index (χ0) is 9.84. The highest BCUT2D eigenvalue weighted by Gasteiger charge is 2.06. The Labute approximate surface area is 84.8 Å². The van der Waals surface area contributed by atoms with Crippen LogP contribution in [0.15, 0.2) is 6.20 Å². The van der Waals surface area contributed by atoms with Gasteiger partial charge in [-0.3, -0.25) is 9.69 Å². The van der Waals surface area contributed by atoms with E-state index in [2.05, 4.69) is 4.98 Å². The molecule has 1 rings (SSSR count). The van der Waals surface area contributed by atoms with Crippen molar-refractivity contribution in [1.82, 2.24) is 9.88 Å². The lowest BCUT2D eigenvalue weighted by atomic mass is 10.4. The minimum absolute atomic E-state index is 0.0233. The summed E-state index contributed by atoms with van der Waals surface area (Å²) in [5.41, 5.74) is 0. The van der Waals surface area contributed by atoms with Gasteiger partial charge in [-0.25, -0.2) is 4.98 Å². The van der Waals surface area contributed by atoms with Crippen LogP contribution in [-0.2, 0) is 11.3 Å². The van der Waals surface area contributed by atoms with E-state index in [1.807, 2.05) is 0 Å². The predicted molar refractivity (Wildman–Crippen MR) is 51.1 cm³/mol. The molecule has 0 radical (unpaired) electrons. The molecule has 1 N–H and O–H groups in total. The number of rotatable bonds is 4. The molecule has 0 unspecified atom stereocenters. The van der Waals surface area contributed by atoms with Crippen LogP contribution in [0.25, 0.3) is 0 Å². The van der Waals surface area contributed by atoms with E-state index in [1.54, 1.807) is 18.1 Å². The lowest BCUT2D eigenvalue weighted by Gasteiger charge is -2.11. The Morgan fingerprint density at radius 3 is 3.00 bits per heavy atom. The molecular formula is C7H9ClN2O2S. The molecular weight excluding hydrogens is 212 g/mol. The maximum Gasteiger partial charge on any atom is 0.317 e. The van der Waals surface area contributed by atoms with Crippen LogP contribution in [0.1, 0.15) is 4.88 Å². The molecule has 0 fully saturated rings. The van der Waals surface area contributed by atoms with E-state index >= 15 is 0 Å². The topological polar surface area (TPSA) is 53.4 Å². The number of carboxylic acids is 1. The smallest absolute Gasteiger partial charge is 0.317 e. The van der Waals surface area contributed by atoms with Crippen molar-refractivity contribution in [3.05, 3.63) is 15.5 Å². The van der Waals surface area contributed by atoms with Gasteiger partial charge in [-0.05, 0) is 7.05 Å². The van der Waals surface area contributed by atoms with Crippen LogP contribution >= 0.6 is 22.9 Å². The van der Waals surface area contributed by atoms with Crippen molar-refractivity contribution in [3.63, 3.8) is 0 Å². The summed E-state index contributed by atoms with van der Waals surface area (Å²) in [7, 11) is 1.74. The molecule has 6 heteroatoms. The average molecular weight is 221 g/mol. The van der Waals surface area contributed by atoms with Gasteiger partial charge in [0.1, 0.15) is 0 Å². The molecule has 4 nitrogen and oxygen atoms in total. The van der Waals surface area contributed by atoms with E-state index in [0.29, 0.717) is 11.0 Å². The van der Waals surface area contributed by atoms with Gasteiger partial charge in [-0.15, -0.1) is 11.3 Å². The lowest BCUT2D eigenvalue weighted by molar-refractivity contribution is -0.138. The number of aliphatic carboxylic acids is 1. The fraction of sp³-hybridized carbons (Fsp3) is 0.429. The number of hydrogen-bond donors (Lipinski definition) is 1. The summed E-state index contributed by atoms with van der Waals surface area (Å²) in [5.74, 6) is -0.835. The van der Waals surface area contributed by atoms with Crippen LogP contribution in [-0.4, -0.2) is 34.6 Å². The molecule has 0 aliphatic heterocycles. The number of thiazole rings is 1. The van der Waals surface area contributed by atoms with E-state index < -0.39 is 5.97 Å². The van der Waals surface area contributed by atoms with Gasteiger partial charge in [-0.1, -0.05) is 11.6 Å². The number of aromatic nitrogens is 1. The zero-order valence-electron chi connectivity index (χ0n) is 7.03. The molecule has 0 aliphatic carbocycles. The molecule has 72 valence electrons. The molecule has 0 spiro atoms. The maximum absolute atomic E-state index is 10.3. The molecule has 13 heavy (non-hydrogen) atoms. The van der Waals surface area contributed by atoms with Crippen molar-refractivity contribution >= 4 is 28.9 Å². The van der Waals surface area contributed by atoms with E-state index in [4.69, 9.17) is 16.7 Å². The normalized spacial score (nSPS) is 10.7. The highest BCUT2D eigenvalue weighted by molar-refractivity contribution is 7.15. The van der Waals surface area contributed by atoms with Crippen molar-refractivity contribution in [2.75, 3.05) is 13.6 Å². The summed E-state index contributed by atoms with van der Waals surface area (Å²) < 4.78 is 0.485. The van der Waals surface area contributed by atoms with E-state index in [-0.39, 0.29) is 6.54 Å². The molecule has 1 aromatic rings. The number of carboxylic acid groups (broad SMARTS) is 1. The van der Waals surface area contributed by atoms with Gasteiger partial charge >= 0.3 is 5.97 Å². The van der Waals surface area contributed by atoms with Gasteiger partial charge in [0, 0.05) is 17.6 Å². The van der Waals surface area contributed by atoms with Crippen molar-refractivity contribution in [2.24, 2.45) is 0 Å². The second kappa shape index (κ2) is 4.55. The molecule has 0 aliphatic rings. The van der Waals surface area contributed by atoms with Crippen LogP contribution in [0.4, 0.5) is 0 Å². The third-order valence-electron chi connectivity index (χ3n) is 1.36. The molecule has 0 amide bonds. The molecule has 0 atom stereocenters. The maximum atomic E-state index is 10.3. The van der Waals surface area contributed by atoms with E-state index in [9.17, 15) is 4.79 Å². The Kier molecular flexibility index (Phi) is 3.65. The van der Waals surface area contributed by atoms with Crippen LogP contribution in [0, 0.1) is 0 Å². The van der Waals surface area contributed by atoms with Crippen LogP contribution in [0.3, 0.4) is 0 Å². The standard InChI is InChI=1S/C7H9ClN2O2S/c1-10(4-6(11)12)3-5-2-9-7(8)13-5/h2H,3-4H2,1H3,(H,11,12). The van der Waals surface area contributed by atoms with Crippen LogP contribution in [0.5, 0.6) is 0 Å². The first-order valence-corrected chi connectivity index (χ1v) is 4.78. The number of carbonyl (C=O) groups is 1. The summed E-state index contributed by atoms with van der Waals surface area (Å²) in [4.78, 5) is 16.8. The van der Waals surface area contributed by atoms with Crippen molar-refractivity contribution in [3.8, 4) is 0 Å². The van der Waals surface area contributed by atoms with Gasteiger partial charge in [0.2, 0.25) is 0 Å². The highest BCUT2D eigenvalue weighted by atomic mass is 35.5. The molecule has 0 saturated carbocycles. The summed E-state index contributed by atoms with van der Waals surface area (Å²) in [6, 6.07) is 0. The fourth-order valence-electron chi connectivity index (χ4n) is 0.910. The van der Waals surface area contributed by atoms with E-state index in [0.717, 1.165) is 4.88 Å². The van der Waals surface area contributed by atoms with Gasteiger partial charge in [0.05, 0.1) is 6.54 Å². The number of hydrogen-bond acceptors (Lipinski definition) is 4. The Morgan fingerprint density at radius 2 is 2.54 bits per heavy atom. The van der Waals surface area contributed by atoms with E-state index in [1.165, 1.54) is 11.3 Å². The van der Waals surface area contributed by atoms with Crippen molar-refractivity contribution in [2.45, 2.75) is 6.54 Å². The Balaban J connectivity index is 2.44. The van der Waals surface area contributed by atoms with Gasteiger partial charge in [0.15, 0.2) is 4.47 Å². The van der Waals surface area contributed by atoms with Crippen molar-refractivity contribution in [1.29, 1.82) is 0 Å². The van der Waals surface area contributed by atoms with Crippen molar-refractivity contribution < 1.29 is 9.90 Å². The second-order valence-corrected chi connectivity index (χ2v) is 4.34. The number of likely N-dealkylation sites (N-methyl/N-ethyl adjacent to an activating group) is 1. The molecule has 1 aromatic heterocycles. The monoisotopic (exact) mass is 220 g/mol. The SMILES string of the molecule is CN(CC(=O)O)Cc1cnc(Cl)s1. The summed E-state index contributed by atoms with van der Waals surface area (Å²) >= 11 is 6.99. The quantitative estimate of drug-likeness (QED) is 0.832. The molecule has 0 saturated heterocycles.